The minimum Gasteiger partial charge on any atom is -0.465 e. The average Bonchev–Trinajstić information content (AvgIpc) is 2.32. The maximum Gasteiger partial charge on any atom is 0.325 e. The lowest BCUT2D eigenvalue weighted by Crippen LogP contribution is -2.43. The summed E-state index contributed by atoms with van der Waals surface area (Å²) in [7, 11) is 2.98. The zero-order chi connectivity index (χ0) is 13.3. The fourth-order valence-electron chi connectivity index (χ4n) is 1.19. The third kappa shape index (κ3) is 6.23. The number of rotatable bonds is 8. The van der Waals surface area contributed by atoms with Crippen molar-refractivity contribution < 1.29 is 23.8 Å². The molecule has 0 aromatic heterocycles. The summed E-state index contributed by atoms with van der Waals surface area (Å²) in [5, 5.41) is 0. The molecule has 0 rings (SSSR count). The number of hydrogen-bond donors (Lipinski definition) is 0. The average molecular weight is 247 g/mol. The molecule has 0 radical (unpaired) electrons. The van der Waals surface area contributed by atoms with E-state index in [1.165, 1.54) is 19.1 Å². The van der Waals surface area contributed by atoms with E-state index in [0.29, 0.717) is 19.8 Å². The summed E-state index contributed by atoms with van der Waals surface area (Å²) in [6.07, 6.45) is -0.582. The molecule has 17 heavy (non-hydrogen) atoms. The third-order valence-corrected chi connectivity index (χ3v) is 2.20. The molecule has 0 aliphatic rings. The van der Waals surface area contributed by atoms with E-state index in [-0.39, 0.29) is 12.5 Å². The molecule has 1 unspecified atom stereocenters. The van der Waals surface area contributed by atoms with Gasteiger partial charge in [-0.3, -0.25) is 9.59 Å². The molecule has 6 nitrogen and oxygen atoms in total. The summed E-state index contributed by atoms with van der Waals surface area (Å²) in [6, 6.07) is 0. The van der Waals surface area contributed by atoms with Crippen molar-refractivity contribution >= 4 is 11.9 Å². The first-order chi connectivity index (χ1) is 8.06. The molecule has 6 heteroatoms. The first-order valence-electron chi connectivity index (χ1n) is 5.52. The van der Waals surface area contributed by atoms with Crippen molar-refractivity contribution in [2.75, 3.05) is 40.5 Å². The Morgan fingerprint density at radius 3 is 2.41 bits per heavy atom. The molecule has 0 saturated carbocycles. The van der Waals surface area contributed by atoms with Gasteiger partial charge in [0.05, 0.1) is 13.2 Å². The van der Waals surface area contributed by atoms with Crippen LogP contribution >= 0.6 is 0 Å². The SMILES string of the molecule is CCOC(=O)CN(CCOC)C(=O)C(C)OC. The number of hydrogen-bond acceptors (Lipinski definition) is 5. The van der Waals surface area contributed by atoms with Gasteiger partial charge < -0.3 is 19.1 Å². The van der Waals surface area contributed by atoms with Crippen LogP contribution in [-0.4, -0.2) is 63.4 Å². The van der Waals surface area contributed by atoms with E-state index in [1.807, 2.05) is 0 Å². The van der Waals surface area contributed by atoms with Crippen LogP contribution in [0.15, 0.2) is 0 Å². The highest BCUT2D eigenvalue weighted by Gasteiger charge is 2.22. The monoisotopic (exact) mass is 247 g/mol. The molecule has 0 fully saturated rings. The van der Waals surface area contributed by atoms with Crippen LogP contribution in [-0.2, 0) is 23.8 Å². The molecule has 0 aromatic rings. The molecular weight excluding hydrogens is 226 g/mol. The van der Waals surface area contributed by atoms with Crippen molar-refractivity contribution in [1.82, 2.24) is 4.90 Å². The number of esters is 1. The first-order valence-corrected chi connectivity index (χ1v) is 5.52. The number of methoxy groups -OCH3 is 2. The summed E-state index contributed by atoms with van der Waals surface area (Å²) < 4.78 is 14.6. The maximum atomic E-state index is 11.9. The van der Waals surface area contributed by atoms with Gasteiger partial charge in [-0.15, -0.1) is 0 Å². The minimum absolute atomic E-state index is 0.0796. The summed E-state index contributed by atoms with van der Waals surface area (Å²) in [4.78, 5) is 24.6. The minimum atomic E-state index is -0.582. The van der Waals surface area contributed by atoms with Crippen LogP contribution in [0, 0.1) is 0 Å². The zero-order valence-corrected chi connectivity index (χ0v) is 10.9. The summed E-state index contributed by atoms with van der Waals surface area (Å²) in [6.45, 7) is 4.27. The number of carbonyl (C=O) groups excluding carboxylic acids is 2. The van der Waals surface area contributed by atoms with Gasteiger partial charge >= 0.3 is 5.97 Å². The zero-order valence-electron chi connectivity index (χ0n) is 10.9. The molecule has 0 saturated heterocycles. The van der Waals surface area contributed by atoms with Crippen LogP contribution in [0.5, 0.6) is 0 Å². The van der Waals surface area contributed by atoms with Crippen LogP contribution in [0.1, 0.15) is 13.8 Å². The predicted octanol–water partition coefficient (Wildman–Crippen LogP) is 0.0594. The first kappa shape index (κ1) is 15.9. The van der Waals surface area contributed by atoms with Crippen LogP contribution in [0.3, 0.4) is 0 Å². The van der Waals surface area contributed by atoms with Crippen molar-refractivity contribution in [2.45, 2.75) is 20.0 Å². The van der Waals surface area contributed by atoms with Crippen molar-refractivity contribution in [3.05, 3.63) is 0 Å². The Kier molecular flexibility index (Phi) is 8.35. The lowest BCUT2D eigenvalue weighted by Gasteiger charge is -2.23. The van der Waals surface area contributed by atoms with E-state index in [4.69, 9.17) is 14.2 Å². The lowest BCUT2D eigenvalue weighted by atomic mass is 10.3. The van der Waals surface area contributed by atoms with E-state index < -0.39 is 12.1 Å². The van der Waals surface area contributed by atoms with Crippen molar-refractivity contribution in [2.24, 2.45) is 0 Å². The van der Waals surface area contributed by atoms with Crippen molar-refractivity contribution in [3.63, 3.8) is 0 Å². The van der Waals surface area contributed by atoms with E-state index >= 15 is 0 Å². The Labute approximate surface area is 102 Å². The summed E-state index contributed by atoms with van der Waals surface area (Å²) in [5.41, 5.74) is 0. The molecule has 0 N–H and O–H groups in total. The fourth-order valence-corrected chi connectivity index (χ4v) is 1.19. The molecule has 0 aliphatic heterocycles. The van der Waals surface area contributed by atoms with Crippen LogP contribution < -0.4 is 0 Å². The van der Waals surface area contributed by atoms with Gasteiger partial charge in [-0.2, -0.15) is 0 Å². The molecule has 0 bridgehead atoms. The summed E-state index contributed by atoms with van der Waals surface area (Å²) in [5.74, 6) is -0.683. The highest BCUT2D eigenvalue weighted by atomic mass is 16.5. The van der Waals surface area contributed by atoms with E-state index in [2.05, 4.69) is 0 Å². The van der Waals surface area contributed by atoms with E-state index in [0.717, 1.165) is 0 Å². The van der Waals surface area contributed by atoms with Gasteiger partial charge in [0.2, 0.25) is 0 Å². The second-order valence-electron chi connectivity index (χ2n) is 3.44. The molecule has 1 atom stereocenters. The highest BCUT2D eigenvalue weighted by molar-refractivity contribution is 5.84. The fraction of sp³-hybridized carbons (Fsp3) is 0.818. The van der Waals surface area contributed by atoms with Crippen molar-refractivity contribution in [3.8, 4) is 0 Å². The van der Waals surface area contributed by atoms with Gasteiger partial charge in [0.25, 0.3) is 5.91 Å². The number of nitrogens with zero attached hydrogens (tertiary/aromatic N) is 1. The molecule has 0 heterocycles. The van der Waals surface area contributed by atoms with Gasteiger partial charge in [-0.1, -0.05) is 0 Å². The molecule has 1 amide bonds. The quantitative estimate of drug-likeness (QED) is 0.567. The third-order valence-electron chi connectivity index (χ3n) is 2.20. The van der Waals surface area contributed by atoms with E-state index in [9.17, 15) is 9.59 Å². The van der Waals surface area contributed by atoms with Crippen LogP contribution in [0.25, 0.3) is 0 Å². The van der Waals surface area contributed by atoms with Crippen molar-refractivity contribution in [1.29, 1.82) is 0 Å². The number of carbonyl (C=O) groups is 2. The van der Waals surface area contributed by atoms with Crippen LogP contribution in [0.4, 0.5) is 0 Å². The van der Waals surface area contributed by atoms with Gasteiger partial charge in [-0.25, -0.2) is 0 Å². The maximum absolute atomic E-state index is 11.9. The number of amides is 1. The molecule has 0 aromatic carbocycles. The Morgan fingerprint density at radius 1 is 1.29 bits per heavy atom. The Bertz CT molecular complexity index is 244. The summed E-state index contributed by atoms with van der Waals surface area (Å²) >= 11 is 0. The smallest absolute Gasteiger partial charge is 0.325 e. The number of ether oxygens (including phenoxy) is 3. The van der Waals surface area contributed by atoms with E-state index in [1.54, 1.807) is 13.8 Å². The highest BCUT2D eigenvalue weighted by Crippen LogP contribution is 1.99. The molecule has 0 aliphatic carbocycles. The van der Waals surface area contributed by atoms with Gasteiger partial charge in [0.1, 0.15) is 12.6 Å². The predicted molar refractivity (Wildman–Crippen MR) is 61.6 cm³/mol. The van der Waals surface area contributed by atoms with Gasteiger partial charge in [-0.05, 0) is 13.8 Å². The second-order valence-corrected chi connectivity index (χ2v) is 3.44. The standard InChI is InChI=1S/C11H21NO5/c1-5-17-10(13)8-12(6-7-15-3)11(14)9(2)16-4/h9H,5-8H2,1-4H3. The molecular formula is C11H21NO5. The molecule has 100 valence electrons. The molecule has 0 spiro atoms. The normalized spacial score (nSPS) is 12.0. The van der Waals surface area contributed by atoms with Crippen LogP contribution in [0.2, 0.25) is 0 Å². The topological polar surface area (TPSA) is 65.1 Å². The largest absolute Gasteiger partial charge is 0.465 e. The lowest BCUT2D eigenvalue weighted by molar-refractivity contribution is -0.152. The van der Waals surface area contributed by atoms with Gasteiger partial charge in [0, 0.05) is 20.8 Å². The Morgan fingerprint density at radius 2 is 1.94 bits per heavy atom. The Hall–Kier alpha value is -1.14. The second kappa shape index (κ2) is 8.95. The van der Waals surface area contributed by atoms with Gasteiger partial charge in [0.15, 0.2) is 0 Å². The Balaban J connectivity index is 4.41.